The number of alkyl halides is 3. The highest BCUT2D eigenvalue weighted by atomic mass is 32.2. The largest absolute Gasteiger partial charge is 0.493 e. The Hall–Kier alpha value is -1.62. The number of hydrogen-bond donors (Lipinski definition) is 2. The van der Waals surface area contributed by atoms with Crippen LogP contribution in [-0.2, 0) is 10.9 Å². The van der Waals surface area contributed by atoms with Gasteiger partial charge >= 0.3 is 6.18 Å². The molecule has 1 aliphatic rings. The van der Waals surface area contributed by atoms with E-state index in [1.54, 1.807) is 6.07 Å². The van der Waals surface area contributed by atoms with Gasteiger partial charge in [0.15, 0.2) is 0 Å². The minimum Gasteiger partial charge on any atom is -0.493 e. The van der Waals surface area contributed by atoms with Gasteiger partial charge in [0.05, 0.1) is 17.9 Å². The van der Waals surface area contributed by atoms with Gasteiger partial charge in [0.25, 0.3) is 0 Å². The van der Waals surface area contributed by atoms with Crippen molar-refractivity contribution < 1.29 is 27.8 Å². The second kappa shape index (κ2) is 15.2. The molecule has 0 amide bonds. The molecular weight excluding hydrogens is 431 g/mol. The first-order valence-corrected chi connectivity index (χ1v) is 11.3. The van der Waals surface area contributed by atoms with Crippen LogP contribution >= 0.6 is 11.8 Å². The first-order valence-electron chi connectivity index (χ1n) is 10.3. The number of halogens is 3. The van der Waals surface area contributed by atoms with Crippen molar-refractivity contribution in [3.63, 3.8) is 0 Å². The van der Waals surface area contributed by atoms with Crippen molar-refractivity contribution >= 4 is 22.5 Å². The van der Waals surface area contributed by atoms with E-state index in [4.69, 9.17) is 14.6 Å². The summed E-state index contributed by atoms with van der Waals surface area (Å²) in [6, 6.07) is 3.99. The zero-order valence-corrected chi connectivity index (χ0v) is 18.9. The van der Waals surface area contributed by atoms with E-state index in [0.717, 1.165) is 31.0 Å². The van der Waals surface area contributed by atoms with Gasteiger partial charge in [0.1, 0.15) is 10.8 Å². The molecule has 3 N–H and O–H groups in total. The van der Waals surface area contributed by atoms with Crippen LogP contribution in [0.15, 0.2) is 28.4 Å². The Morgan fingerprint density at radius 1 is 1.10 bits per heavy atom. The van der Waals surface area contributed by atoms with Crippen LogP contribution in [0, 0.1) is 0 Å². The van der Waals surface area contributed by atoms with Gasteiger partial charge < -0.3 is 20.3 Å². The van der Waals surface area contributed by atoms with Gasteiger partial charge in [-0.3, -0.25) is 0 Å². The number of nitrogens with two attached hydrogens (primary N) is 1. The average molecular weight is 464 g/mol. The number of hydrogen-bond acceptors (Lipinski definition) is 7. The monoisotopic (exact) mass is 463 g/mol. The quantitative estimate of drug-likeness (QED) is 0.446. The Bertz CT molecular complexity index is 713. The summed E-state index contributed by atoms with van der Waals surface area (Å²) in [6.45, 7) is 3.56. The number of rotatable bonds is 12. The van der Waals surface area contributed by atoms with E-state index in [0.29, 0.717) is 42.4 Å². The lowest BCUT2D eigenvalue weighted by atomic mass is 10.1. The van der Waals surface area contributed by atoms with Gasteiger partial charge in [-0.1, -0.05) is 18.2 Å². The lowest BCUT2D eigenvalue weighted by Crippen LogP contribution is -2.14. The Kier molecular flexibility index (Phi) is 13.5. The molecule has 10 heteroatoms. The molecule has 0 aliphatic carbocycles. The second-order valence-corrected chi connectivity index (χ2v) is 7.47. The summed E-state index contributed by atoms with van der Waals surface area (Å²) in [5.41, 5.74) is 4.77. The number of benzene rings is 1. The number of nitrogens with zero attached hydrogens (tertiary/aromatic N) is 2. The maximum Gasteiger partial charge on any atom is 0.419 e. The third-order valence-electron chi connectivity index (χ3n) is 4.23. The molecule has 1 aromatic carbocycles. The molecule has 1 heterocycles. The van der Waals surface area contributed by atoms with Crippen LogP contribution in [0.3, 0.4) is 0 Å². The minimum absolute atomic E-state index is 0.0268. The van der Waals surface area contributed by atoms with Gasteiger partial charge in [0.2, 0.25) is 0 Å². The predicted molar refractivity (Wildman–Crippen MR) is 120 cm³/mol. The maximum atomic E-state index is 13.5. The molecule has 0 radical (unpaired) electrons. The molecule has 1 aliphatic heterocycles. The SMILES string of the molecule is CCOCCCCCCOc1ccc(C2=NN=C(CCO)CS2)cc1C(F)(F)F.CN. The molecular formula is C21H32F3N3O3S. The summed E-state index contributed by atoms with van der Waals surface area (Å²) in [6.07, 6.45) is -0.628. The summed E-state index contributed by atoms with van der Waals surface area (Å²) < 4.78 is 51.2. The summed E-state index contributed by atoms with van der Waals surface area (Å²) in [5, 5.41) is 17.4. The molecule has 2 rings (SSSR count). The lowest BCUT2D eigenvalue weighted by molar-refractivity contribution is -0.139. The van der Waals surface area contributed by atoms with Crippen molar-refractivity contribution in [2.24, 2.45) is 15.9 Å². The first-order chi connectivity index (χ1) is 15.0. The number of unbranched alkanes of at least 4 members (excludes halogenated alkanes) is 3. The Morgan fingerprint density at radius 3 is 2.39 bits per heavy atom. The number of aliphatic hydroxyl groups excluding tert-OH is 1. The molecule has 0 unspecified atom stereocenters. The predicted octanol–water partition coefficient (Wildman–Crippen LogP) is 4.49. The molecule has 0 atom stereocenters. The smallest absolute Gasteiger partial charge is 0.419 e. The molecule has 0 saturated carbocycles. The van der Waals surface area contributed by atoms with Crippen LogP contribution in [-0.4, -0.2) is 55.1 Å². The summed E-state index contributed by atoms with van der Waals surface area (Å²) >= 11 is 1.31. The van der Waals surface area contributed by atoms with Gasteiger partial charge in [-0.25, -0.2) is 0 Å². The van der Waals surface area contributed by atoms with Crippen LogP contribution in [0.25, 0.3) is 0 Å². The van der Waals surface area contributed by atoms with Crippen molar-refractivity contribution in [3.8, 4) is 5.75 Å². The standard InChI is InChI=1S/C20H27F3N2O3S.CH5N/c1-2-27-11-5-3-4-6-12-28-18-8-7-15(13-17(18)20(21,22)23)19-25-24-16(9-10-26)14-29-19;1-2/h7-8,13,26H,2-6,9-12,14H2,1H3;2H2,1H3. The molecule has 6 nitrogen and oxygen atoms in total. The van der Waals surface area contributed by atoms with E-state index < -0.39 is 11.7 Å². The van der Waals surface area contributed by atoms with E-state index in [-0.39, 0.29) is 19.0 Å². The van der Waals surface area contributed by atoms with Gasteiger partial charge in [-0.15, -0.1) is 5.10 Å². The maximum absolute atomic E-state index is 13.5. The van der Waals surface area contributed by atoms with Crippen LogP contribution in [0.1, 0.15) is 50.2 Å². The summed E-state index contributed by atoms with van der Waals surface area (Å²) in [7, 11) is 1.50. The molecule has 0 saturated heterocycles. The third-order valence-corrected chi connectivity index (χ3v) is 5.30. The van der Waals surface area contributed by atoms with Gasteiger partial charge in [0, 0.05) is 37.6 Å². The van der Waals surface area contributed by atoms with Crippen LogP contribution in [0.4, 0.5) is 13.2 Å². The normalized spacial score (nSPS) is 13.8. The van der Waals surface area contributed by atoms with E-state index >= 15 is 0 Å². The highest BCUT2D eigenvalue weighted by molar-refractivity contribution is 8.15. The fraction of sp³-hybridized carbons (Fsp3) is 0.619. The fourth-order valence-corrected chi connectivity index (χ4v) is 3.61. The first kappa shape index (κ1) is 27.4. The molecule has 0 fully saturated rings. The van der Waals surface area contributed by atoms with Crippen molar-refractivity contribution in [1.29, 1.82) is 0 Å². The lowest BCUT2D eigenvalue weighted by Gasteiger charge is -2.17. The van der Waals surface area contributed by atoms with E-state index in [2.05, 4.69) is 15.9 Å². The van der Waals surface area contributed by atoms with Crippen molar-refractivity contribution in [3.05, 3.63) is 29.3 Å². The molecule has 176 valence electrons. The number of thioether (sulfide) groups is 1. The van der Waals surface area contributed by atoms with Crippen molar-refractivity contribution in [2.75, 3.05) is 39.2 Å². The Morgan fingerprint density at radius 2 is 1.81 bits per heavy atom. The molecule has 0 bridgehead atoms. The van der Waals surface area contributed by atoms with Crippen LogP contribution < -0.4 is 10.5 Å². The van der Waals surface area contributed by atoms with Crippen molar-refractivity contribution in [2.45, 2.75) is 45.2 Å². The molecule has 0 spiro atoms. The zero-order chi connectivity index (χ0) is 23.1. The average Bonchev–Trinajstić information content (AvgIpc) is 2.77. The third kappa shape index (κ3) is 10.0. The Balaban J connectivity index is 0.00000233. The zero-order valence-electron chi connectivity index (χ0n) is 18.1. The number of ether oxygens (including phenoxy) is 2. The highest BCUT2D eigenvalue weighted by Crippen LogP contribution is 2.38. The topological polar surface area (TPSA) is 89.4 Å². The molecule has 31 heavy (non-hydrogen) atoms. The minimum atomic E-state index is -4.52. The summed E-state index contributed by atoms with van der Waals surface area (Å²) in [4.78, 5) is 0. The molecule has 0 aromatic heterocycles. The summed E-state index contributed by atoms with van der Waals surface area (Å²) in [5.74, 6) is 0.337. The van der Waals surface area contributed by atoms with Gasteiger partial charge in [-0.2, -0.15) is 18.3 Å². The van der Waals surface area contributed by atoms with E-state index in [9.17, 15) is 13.2 Å². The highest BCUT2D eigenvalue weighted by Gasteiger charge is 2.35. The van der Waals surface area contributed by atoms with E-state index in [1.807, 2.05) is 6.92 Å². The second-order valence-electron chi connectivity index (χ2n) is 6.50. The number of aliphatic hydroxyl groups is 1. The van der Waals surface area contributed by atoms with Gasteiger partial charge in [-0.05, 0) is 51.4 Å². The van der Waals surface area contributed by atoms with Crippen LogP contribution in [0.2, 0.25) is 0 Å². The van der Waals surface area contributed by atoms with Crippen molar-refractivity contribution in [1.82, 2.24) is 0 Å². The fourth-order valence-electron chi connectivity index (χ4n) is 2.71. The van der Waals surface area contributed by atoms with E-state index in [1.165, 1.54) is 24.9 Å². The Labute approximate surface area is 186 Å². The van der Waals surface area contributed by atoms with Crippen LogP contribution in [0.5, 0.6) is 5.75 Å². The molecule has 1 aromatic rings.